The lowest BCUT2D eigenvalue weighted by Crippen LogP contribution is -2.46. The molecule has 0 amide bonds. The van der Waals surface area contributed by atoms with Gasteiger partial charge in [-0.3, -0.25) is 4.90 Å². The Morgan fingerprint density at radius 3 is 2.92 bits per heavy atom. The Hall–Kier alpha value is 0.140. The number of hydrogen-bond donors (Lipinski definition) is 1. The summed E-state index contributed by atoms with van der Waals surface area (Å²) in [6.07, 6.45) is 3.36. The number of aliphatic hydroxyl groups excluding tert-OH is 1. The molecule has 2 nitrogen and oxygen atoms in total. The summed E-state index contributed by atoms with van der Waals surface area (Å²) >= 11 is 3.37. The van der Waals surface area contributed by atoms with Gasteiger partial charge in [0, 0.05) is 17.1 Å². The third kappa shape index (κ3) is 3.41. The molecule has 13 heavy (non-hydrogen) atoms. The third-order valence-corrected chi connectivity index (χ3v) is 2.85. The molecule has 0 unspecified atom stereocenters. The van der Waals surface area contributed by atoms with Gasteiger partial charge in [0.1, 0.15) is 0 Å². The molecule has 0 saturated carbocycles. The van der Waals surface area contributed by atoms with E-state index < -0.39 is 0 Å². The minimum atomic E-state index is -0.229. The second kappa shape index (κ2) is 5.13. The van der Waals surface area contributed by atoms with E-state index in [1.54, 1.807) is 0 Å². The van der Waals surface area contributed by atoms with Crippen LogP contribution < -0.4 is 0 Å². The van der Waals surface area contributed by atoms with Crippen molar-refractivity contribution < 1.29 is 5.11 Å². The van der Waals surface area contributed by atoms with Crippen molar-refractivity contribution in [3.05, 3.63) is 11.1 Å². The van der Waals surface area contributed by atoms with Crippen LogP contribution in [0, 0.1) is 0 Å². The maximum atomic E-state index is 9.57. The number of hydrogen-bond acceptors (Lipinski definition) is 2. The summed E-state index contributed by atoms with van der Waals surface area (Å²) in [6, 6.07) is 0.322. The molecule has 2 atom stereocenters. The fourth-order valence-corrected chi connectivity index (χ4v) is 2.30. The molecule has 0 aromatic carbocycles. The summed E-state index contributed by atoms with van der Waals surface area (Å²) in [7, 11) is 0. The van der Waals surface area contributed by atoms with Gasteiger partial charge in [0.2, 0.25) is 0 Å². The minimum absolute atomic E-state index is 0.229. The van der Waals surface area contributed by atoms with E-state index in [-0.39, 0.29) is 6.10 Å². The molecule has 0 spiro atoms. The van der Waals surface area contributed by atoms with Crippen LogP contribution in [0.1, 0.15) is 26.2 Å². The average molecular weight is 248 g/mol. The summed E-state index contributed by atoms with van der Waals surface area (Å²) in [5.74, 6) is 0. The second-order valence-electron chi connectivity index (χ2n) is 3.79. The van der Waals surface area contributed by atoms with Crippen LogP contribution in [0.2, 0.25) is 0 Å². The van der Waals surface area contributed by atoms with Gasteiger partial charge < -0.3 is 5.11 Å². The highest BCUT2D eigenvalue weighted by Crippen LogP contribution is 2.21. The number of aliphatic hydroxyl groups is 1. The zero-order valence-corrected chi connectivity index (χ0v) is 9.76. The van der Waals surface area contributed by atoms with Crippen molar-refractivity contribution in [2.24, 2.45) is 0 Å². The van der Waals surface area contributed by atoms with E-state index in [0.717, 1.165) is 24.0 Å². The summed E-state index contributed by atoms with van der Waals surface area (Å²) in [5, 5.41) is 9.57. The normalized spacial score (nSPS) is 27.2. The Morgan fingerprint density at radius 1 is 1.69 bits per heavy atom. The standard InChI is InChI=1S/C10H18BrNO/c1-8(11)7-12-6-4-3-5-10(12)9(2)13/h9-10,13H,1,3-7H2,2H3/t9-,10+/m0/s1. The van der Waals surface area contributed by atoms with Crippen molar-refractivity contribution in [2.75, 3.05) is 13.1 Å². The van der Waals surface area contributed by atoms with E-state index in [1.165, 1.54) is 12.8 Å². The zero-order chi connectivity index (χ0) is 9.84. The summed E-state index contributed by atoms with van der Waals surface area (Å²) in [4.78, 5) is 2.31. The Labute approximate surface area is 88.7 Å². The first-order chi connectivity index (χ1) is 6.11. The molecule has 1 heterocycles. The zero-order valence-electron chi connectivity index (χ0n) is 8.17. The Kier molecular flexibility index (Phi) is 4.42. The van der Waals surface area contributed by atoms with Crippen LogP contribution in [0.15, 0.2) is 11.1 Å². The third-order valence-electron chi connectivity index (χ3n) is 2.60. The predicted octanol–water partition coefficient (Wildman–Crippen LogP) is 2.13. The number of rotatable bonds is 3. The number of nitrogens with zero attached hydrogens (tertiary/aromatic N) is 1. The SMILES string of the molecule is C=C(Br)CN1CCCC[C@@H]1[C@H](C)O. The van der Waals surface area contributed by atoms with Crippen molar-refractivity contribution in [2.45, 2.75) is 38.3 Å². The minimum Gasteiger partial charge on any atom is -0.392 e. The van der Waals surface area contributed by atoms with Crippen LogP contribution in [-0.2, 0) is 0 Å². The largest absolute Gasteiger partial charge is 0.392 e. The summed E-state index contributed by atoms with van der Waals surface area (Å²) in [5.41, 5.74) is 0. The van der Waals surface area contributed by atoms with Crippen molar-refractivity contribution in [1.82, 2.24) is 4.90 Å². The van der Waals surface area contributed by atoms with E-state index >= 15 is 0 Å². The van der Waals surface area contributed by atoms with Crippen LogP contribution in [-0.4, -0.2) is 35.2 Å². The van der Waals surface area contributed by atoms with Gasteiger partial charge in [-0.25, -0.2) is 0 Å². The van der Waals surface area contributed by atoms with Crippen LogP contribution in [0.25, 0.3) is 0 Å². The topological polar surface area (TPSA) is 23.5 Å². The van der Waals surface area contributed by atoms with Gasteiger partial charge in [0.15, 0.2) is 0 Å². The molecular formula is C10H18BrNO. The summed E-state index contributed by atoms with van der Waals surface area (Å²) < 4.78 is 1.00. The highest BCUT2D eigenvalue weighted by atomic mass is 79.9. The van der Waals surface area contributed by atoms with Crippen molar-refractivity contribution in [1.29, 1.82) is 0 Å². The number of halogens is 1. The summed E-state index contributed by atoms with van der Waals surface area (Å²) in [6.45, 7) is 7.65. The van der Waals surface area contributed by atoms with E-state index in [0.29, 0.717) is 6.04 Å². The molecule has 76 valence electrons. The Balaban J connectivity index is 2.51. The van der Waals surface area contributed by atoms with Crippen LogP contribution in [0.5, 0.6) is 0 Å². The molecule has 1 N–H and O–H groups in total. The van der Waals surface area contributed by atoms with Crippen LogP contribution in [0.4, 0.5) is 0 Å². The quantitative estimate of drug-likeness (QED) is 0.827. The molecule has 1 rings (SSSR count). The van der Waals surface area contributed by atoms with E-state index in [4.69, 9.17) is 0 Å². The van der Waals surface area contributed by atoms with Gasteiger partial charge in [-0.05, 0) is 26.3 Å². The highest BCUT2D eigenvalue weighted by Gasteiger charge is 2.25. The van der Waals surface area contributed by atoms with Crippen LogP contribution >= 0.6 is 15.9 Å². The lowest BCUT2D eigenvalue weighted by atomic mass is 9.98. The number of likely N-dealkylation sites (tertiary alicyclic amines) is 1. The fraction of sp³-hybridized carbons (Fsp3) is 0.800. The van der Waals surface area contributed by atoms with E-state index in [2.05, 4.69) is 27.4 Å². The molecule has 0 aliphatic carbocycles. The van der Waals surface area contributed by atoms with E-state index in [1.807, 2.05) is 6.92 Å². The maximum absolute atomic E-state index is 9.57. The first kappa shape index (κ1) is 11.2. The Morgan fingerprint density at radius 2 is 2.38 bits per heavy atom. The van der Waals surface area contributed by atoms with E-state index in [9.17, 15) is 5.11 Å². The first-order valence-electron chi connectivity index (χ1n) is 4.86. The first-order valence-corrected chi connectivity index (χ1v) is 5.66. The molecule has 1 saturated heterocycles. The average Bonchev–Trinajstić information content (AvgIpc) is 2.03. The van der Waals surface area contributed by atoms with Gasteiger partial charge in [0.05, 0.1) is 6.10 Å². The highest BCUT2D eigenvalue weighted by molar-refractivity contribution is 9.11. The van der Waals surface area contributed by atoms with Gasteiger partial charge in [-0.2, -0.15) is 0 Å². The lowest BCUT2D eigenvalue weighted by Gasteiger charge is -2.37. The molecular weight excluding hydrogens is 230 g/mol. The molecule has 0 aromatic heterocycles. The van der Waals surface area contributed by atoms with Gasteiger partial charge in [0.25, 0.3) is 0 Å². The lowest BCUT2D eigenvalue weighted by molar-refractivity contribution is 0.0435. The number of piperidine rings is 1. The second-order valence-corrected chi connectivity index (χ2v) is 4.91. The smallest absolute Gasteiger partial charge is 0.0667 e. The van der Waals surface area contributed by atoms with Gasteiger partial charge in [-0.15, -0.1) is 0 Å². The van der Waals surface area contributed by atoms with Gasteiger partial charge in [-0.1, -0.05) is 28.9 Å². The molecule has 1 fully saturated rings. The molecule has 1 aliphatic heterocycles. The monoisotopic (exact) mass is 247 g/mol. The van der Waals surface area contributed by atoms with Crippen LogP contribution in [0.3, 0.4) is 0 Å². The molecule has 0 radical (unpaired) electrons. The molecule has 3 heteroatoms. The molecule has 1 aliphatic rings. The molecule has 0 bridgehead atoms. The fourth-order valence-electron chi connectivity index (χ4n) is 1.98. The Bertz CT molecular complexity index is 182. The van der Waals surface area contributed by atoms with Crippen molar-refractivity contribution in [3.8, 4) is 0 Å². The van der Waals surface area contributed by atoms with Crippen molar-refractivity contribution in [3.63, 3.8) is 0 Å². The maximum Gasteiger partial charge on any atom is 0.0667 e. The predicted molar refractivity (Wildman–Crippen MR) is 59.0 cm³/mol. The van der Waals surface area contributed by atoms with Gasteiger partial charge >= 0.3 is 0 Å². The molecule has 0 aromatic rings. The van der Waals surface area contributed by atoms with Crippen molar-refractivity contribution >= 4 is 15.9 Å².